The summed E-state index contributed by atoms with van der Waals surface area (Å²) >= 11 is 0. The maximum atomic E-state index is 13.3. The molecule has 23 heavy (non-hydrogen) atoms. The number of nitrogens with one attached hydrogen (secondary N) is 1. The molecule has 1 fully saturated rings. The van der Waals surface area contributed by atoms with E-state index in [1.165, 1.54) is 17.0 Å². The van der Waals surface area contributed by atoms with Crippen molar-refractivity contribution in [1.29, 1.82) is 0 Å². The van der Waals surface area contributed by atoms with Crippen LogP contribution in [0, 0.1) is 11.7 Å². The van der Waals surface area contributed by atoms with Crippen LogP contribution in [0.5, 0.6) is 0 Å². The van der Waals surface area contributed by atoms with Crippen LogP contribution in [0.2, 0.25) is 0 Å². The fraction of sp³-hybridized carbons (Fsp3) is 0.222. The van der Waals surface area contributed by atoms with Gasteiger partial charge in [-0.15, -0.1) is 0 Å². The Kier molecular flexibility index (Phi) is 4.37. The average molecular weight is 312 g/mol. The number of hydrogen-bond acceptors (Lipinski definition) is 2. The van der Waals surface area contributed by atoms with E-state index in [2.05, 4.69) is 5.32 Å². The Morgan fingerprint density at radius 1 is 1.17 bits per heavy atom. The van der Waals surface area contributed by atoms with E-state index >= 15 is 0 Å². The predicted octanol–water partition coefficient (Wildman–Crippen LogP) is 2.50. The number of amides is 2. The lowest BCUT2D eigenvalue weighted by molar-refractivity contribution is -0.126. The number of benzene rings is 2. The molecule has 0 unspecified atom stereocenters. The average Bonchev–Trinajstić information content (AvgIpc) is 2.95. The third-order valence-electron chi connectivity index (χ3n) is 3.93. The molecule has 0 saturated carbocycles. The van der Waals surface area contributed by atoms with Gasteiger partial charge in [-0.3, -0.25) is 9.59 Å². The van der Waals surface area contributed by atoms with E-state index in [9.17, 15) is 14.0 Å². The van der Waals surface area contributed by atoms with Crippen molar-refractivity contribution in [3.05, 3.63) is 66.0 Å². The molecule has 0 aromatic heterocycles. The molecule has 1 saturated heterocycles. The van der Waals surface area contributed by atoms with Crippen molar-refractivity contribution in [3.63, 3.8) is 0 Å². The van der Waals surface area contributed by atoms with E-state index < -0.39 is 11.7 Å². The van der Waals surface area contributed by atoms with Crippen molar-refractivity contribution in [3.8, 4) is 0 Å². The Morgan fingerprint density at radius 3 is 2.70 bits per heavy atom. The zero-order chi connectivity index (χ0) is 16.2. The van der Waals surface area contributed by atoms with E-state index in [0.717, 1.165) is 5.56 Å². The summed E-state index contributed by atoms with van der Waals surface area (Å²) in [6.45, 7) is 0.716. The molecule has 1 N–H and O–H groups in total. The standard InChI is InChI=1S/C18H17FN2O2/c19-15-7-4-8-16(10-15)21-12-14(9-17(21)22)18(23)20-11-13-5-2-1-3-6-13/h1-8,10,14H,9,11-12H2,(H,20,23)/t14-/m0/s1. The first-order chi connectivity index (χ1) is 11.1. The molecule has 2 aromatic carbocycles. The molecule has 3 rings (SSSR count). The molecular formula is C18H17FN2O2. The minimum absolute atomic E-state index is 0.150. The zero-order valence-corrected chi connectivity index (χ0v) is 12.5. The highest BCUT2D eigenvalue weighted by atomic mass is 19.1. The molecule has 1 aliphatic heterocycles. The quantitative estimate of drug-likeness (QED) is 0.943. The van der Waals surface area contributed by atoms with Crippen LogP contribution in [0.15, 0.2) is 54.6 Å². The number of hydrogen-bond donors (Lipinski definition) is 1. The van der Waals surface area contributed by atoms with E-state index in [1.54, 1.807) is 12.1 Å². The molecule has 1 aliphatic rings. The first kappa shape index (κ1) is 15.2. The first-order valence-corrected chi connectivity index (χ1v) is 7.51. The number of anilines is 1. The van der Waals surface area contributed by atoms with Gasteiger partial charge in [0.25, 0.3) is 0 Å². The molecule has 5 heteroatoms. The Bertz CT molecular complexity index is 718. The number of rotatable bonds is 4. The van der Waals surface area contributed by atoms with E-state index in [0.29, 0.717) is 12.2 Å². The van der Waals surface area contributed by atoms with Crippen LogP contribution in [0.1, 0.15) is 12.0 Å². The van der Waals surface area contributed by atoms with Crippen LogP contribution >= 0.6 is 0 Å². The van der Waals surface area contributed by atoms with Crippen molar-refractivity contribution in [1.82, 2.24) is 5.32 Å². The molecule has 4 nitrogen and oxygen atoms in total. The van der Waals surface area contributed by atoms with Gasteiger partial charge in [0, 0.05) is 25.2 Å². The molecule has 1 atom stereocenters. The monoisotopic (exact) mass is 312 g/mol. The van der Waals surface area contributed by atoms with Gasteiger partial charge in [-0.05, 0) is 23.8 Å². The highest BCUT2D eigenvalue weighted by Gasteiger charge is 2.35. The van der Waals surface area contributed by atoms with Crippen LogP contribution in [-0.4, -0.2) is 18.4 Å². The molecule has 118 valence electrons. The highest BCUT2D eigenvalue weighted by molar-refractivity contribution is 6.00. The summed E-state index contributed by atoms with van der Waals surface area (Å²) in [5.41, 5.74) is 1.50. The molecule has 0 spiro atoms. The van der Waals surface area contributed by atoms with Crippen molar-refractivity contribution in [2.24, 2.45) is 5.92 Å². The second-order valence-electron chi connectivity index (χ2n) is 5.59. The lowest BCUT2D eigenvalue weighted by atomic mass is 10.1. The van der Waals surface area contributed by atoms with Crippen LogP contribution in [-0.2, 0) is 16.1 Å². The highest BCUT2D eigenvalue weighted by Crippen LogP contribution is 2.25. The predicted molar refractivity (Wildman–Crippen MR) is 85.1 cm³/mol. The first-order valence-electron chi connectivity index (χ1n) is 7.51. The molecule has 0 aliphatic carbocycles. The summed E-state index contributed by atoms with van der Waals surface area (Å²) in [7, 11) is 0. The van der Waals surface area contributed by atoms with E-state index in [-0.39, 0.29) is 24.8 Å². The Hall–Kier alpha value is -2.69. The van der Waals surface area contributed by atoms with Gasteiger partial charge >= 0.3 is 0 Å². The van der Waals surface area contributed by atoms with E-state index in [1.807, 2.05) is 30.3 Å². The topological polar surface area (TPSA) is 49.4 Å². The summed E-state index contributed by atoms with van der Waals surface area (Å²) < 4.78 is 13.3. The summed E-state index contributed by atoms with van der Waals surface area (Å²) in [6.07, 6.45) is 0.150. The van der Waals surface area contributed by atoms with Crippen LogP contribution in [0.4, 0.5) is 10.1 Å². The van der Waals surface area contributed by atoms with Crippen LogP contribution in [0.3, 0.4) is 0 Å². The van der Waals surface area contributed by atoms with Gasteiger partial charge in [-0.25, -0.2) is 4.39 Å². The largest absolute Gasteiger partial charge is 0.352 e. The van der Waals surface area contributed by atoms with Crippen LogP contribution < -0.4 is 10.2 Å². The zero-order valence-electron chi connectivity index (χ0n) is 12.5. The lowest BCUT2D eigenvalue weighted by Crippen LogP contribution is -2.32. The van der Waals surface area contributed by atoms with Gasteiger partial charge in [0.05, 0.1) is 5.92 Å². The summed E-state index contributed by atoms with van der Waals surface area (Å²) in [5, 5.41) is 2.85. The van der Waals surface area contributed by atoms with Crippen LogP contribution in [0.25, 0.3) is 0 Å². The Labute approximate surface area is 133 Å². The third-order valence-corrected chi connectivity index (χ3v) is 3.93. The number of carbonyl (C=O) groups excluding carboxylic acids is 2. The second kappa shape index (κ2) is 6.60. The minimum atomic E-state index is -0.408. The van der Waals surface area contributed by atoms with Gasteiger partial charge in [-0.1, -0.05) is 36.4 Å². The van der Waals surface area contributed by atoms with Crippen molar-refractivity contribution in [2.75, 3.05) is 11.4 Å². The van der Waals surface area contributed by atoms with Gasteiger partial charge in [-0.2, -0.15) is 0 Å². The van der Waals surface area contributed by atoms with Gasteiger partial charge in [0.2, 0.25) is 11.8 Å². The fourth-order valence-corrected chi connectivity index (χ4v) is 2.71. The molecule has 1 heterocycles. The van der Waals surface area contributed by atoms with Gasteiger partial charge in [0.1, 0.15) is 5.82 Å². The molecule has 2 aromatic rings. The summed E-state index contributed by atoms with van der Waals surface area (Å²) in [5.74, 6) is -1.11. The second-order valence-corrected chi connectivity index (χ2v) is 5.59. The normalized spacial score (nSPS) is 17.3. The number of nitrogens with zero attached hydrogens (tertiary/aromatic N) is 1. The Morgan fingerprint density at radius 2 is 1.96 bits per heavy atom. The molecule has 0 radical (unpaired) electrons. The molecule has 2 amide bonds. The number of carbonyl (C=O) groups is 2. The smallest absolute Gasteiger partial charge is 0.227 e. The van der Waals surface area contributed by atoms with Crippen molar-refractivity contribution < 1.29 is 14.0 Å². The van der Waals surface area contributed by atoms with Crippen molar-refractivity contribution >= 4 is 17.5 Å². The number of halogens is 1. The van der Waals surface area contributed by atoms with Crippen molar-refractivity contribution in [2.45, 2.75) is 13.0 Å². The lowest BCUT2D eigenvalue weighted by Gasteiger charge is -2.16. The summed E-state index contributed by atoms with van der Waals surface area (Å²) in [4.78, 5) is 25.8. The maximum absolute atomic E-state index is 13.3. The summed E-state index contributed by atoms with van der Waals surface area (Å²) in [6, 6.07) is 15.5. The fourth-order valence-electron chi connectivity index (χ4n) is 2.71. The van der Waals surface area contributed by atoms with E-state index in [4.69, 9.17) is 0 Å². The SMILES string of the molecule is O=C(NCc1ccccc1)[C@H]1CC(=O)N(c2cccc(F)c2)C1. The van der Waals surface area contributed by atoms with Gasteiger partial charge in [0.15, 0.2) is 0 Å². The molecule has 0 bridgehead atoms. The third kappa shape index (κ3) is 3.56. The Balaban J connectivity index is 1.62. The minimum Gasteiger partial charge on any atom is -0.352 e. The maximum Gasteiger partial charge on any atom is 0.227 e. The molecular weight excluding hydrogens is 295 g/mol. The van der Waals surface area contributed by atoms with Gasteiger partial charge < -0.3 is 10.2 Å².